The molecule has 0 aliphatic rings. The minimum Gasteiger partial charge on any atom is -0.394 e. The highest BCUT2D eigenvalue weighted by atomic mass is 16.3. The second kappa shape index (κ2) is 8.52. The first-order valence-electron chi connectivity index (χ1n) is 8.02. The van der Waals surface area contributed by atoms with E-state index in [0.717, 1.165) is 19.5 Å². The van der Waals surface area contributed by atoms with E-state index in [2.05, 4.69) is 57.1 Å². The fourth-order valence-electron chi connectivity index (χ4n) is 2.92. The van der Waals surface area contributed by atoms with Gasteiger partial charge in [0.15, 0.2) is 0 Å². The lowest BCUT2D eigenvalue weighted by Gasteiger charge is -2.37. The molecule has 1 aromatic rings. The van der Waals surface area contributed by atoms with E-state index in [0.29, 0.717) is 12.0 Å². The Kier molecular flexibility index (Phi) is 7.36. The lowest BCUT2D eigenvalue weighted by molar-refractivity contribution is 0.126. The molecular weight excluding hydrogens is 260 g/mol. The van der Waals surface area contributed by atoms with Crippen molar-refractivity contribution in [2.24, 2.45) is 5.92 Å². The lowest BCUT2D eigenvalue weighted by Crippen LogP contribution is -2.50. The van der Waals surface area contributed by atoms with Crippen LogP contribution in [0, 0.1) is 5.92 Å². The zero-order valence-electron chi connectivity index (χ0n) is 14.3. The summed E-state index contributed by atoms with van der Waals surface area (Å²) in [5, 5.41) is 13.7. The normalized spacial score (nSPS) is 14.9. The van der Waals surface area contributed by atoms with E-state index in [-0.39, 0.29) is 12.1 Å². The fraction of sp³-hybridized carbons (Fsp3) is 0.667. The maximum atomic E-state index is 10.1. The molecule has 0 heterocycles. The molecule has 120 valence electrons. The van der Waals surface area contributed by atoms with Gasteiger partial charge in [0.2, 0.25) is 0 Å². The molecule has 1 unspecified atom stereocenters. The molecule has 2 N–H and O–H groups in total. The van der Waals surface area contributed by atoms with Crippen LogP contribution in [0.2, 0.25) is 0 Å². The Morgan fingerprint density at radius 3 is 2.24 bits per heavy atom. The molecular formula is C18H32N2O. The summed E-state index contributed by atoms with van der Waals surface area (Å²) < 4.78 is 0. The minimum atomic E-state index is -0.360. The number of benzene rings is 1. The van der Waals surface area contributed by atoms with Gasteiger partial charge in [0.05, 0.1) is 12.1 Å². The van der Waals surface area contributed by atoms with Crippen molar-refractivity contribution in [2.45, 2.75) is 45.7 Å². The molecule has 0 amide bonds. The lowest BCUT2D eigenvalue weighted by atomic mass is 9.86. The van der Waals surface area contributed by atoms with E-state index in [1.807, 2.05) is 18.2 Å². The van der Waals surface area contributed by atoms with E-state index in [1.54, 1.807) is 0 Å². The highest BCUT2D eigenvalue weighted by Gasteiger charge is 2.31. The highest BCUT2D eigenvalue weighted by Crippen LogP contribution is 2.26. The summed E-state index contributed by atoms with van der Waals surface area (Å²) in [7, 11) is 2.16. The molecule has 0 aromatic heterocycles. The molecule has 0 saturated carbocycles. The largest absolute Gasteiger partial charge is 0.394 e. The van der Waals surface area contributed by atoms with E-state index >= 15 is 0 Å². The average molecular weight is 292 g/mol. The molecule has 21 heavy (non-hydrogen) atoms. The van der Waals surface area contributed by atoms with Crippen molar-refractivity contribution >= 4 is 0 Å². The third-order valence-electron chi connectivity index (χ3n) is 3.76. The Morgan fingerprint density at radius 1 is 1.14 bits per heavy atom. The first kappa shape index (κ1) is 18.1. The van der Waals surface area contributed by atoms with Gasteiger partial charge < -0.3 is 15.3 Å². The smallest absolute Gasteiger partial charge is 0.0683 e. The number of aliphatic hydroxyl groups is 1. The van der Waals surface area contributed by atoms with Crippen molar-refractivity contribution in [3.63, 3.8) is 0 Å². The van der Waals surface area contributed by atoms with Crippen LogP contribution < -0.4 is 5.32 Å². The Hall–Kier alpha value is -0.900. The standard InChI is InChI=1S/C18H32N2O/c1-15(2)13-20(5)12-11-18(14-21,19-16(3)4)17-9-7-6-8-10-17/h6-10,15-16,19,21H,11-14H2,1-5H3. The number of rotatable bonds is 9. The molecule has 1 rings (SSSR count). The van der Waals surface area contributed by atoms with Crippen molar-refractivity contribution in [1.82, 2.24) is 10.2 Å². The quantitative estimate of drug-likeness (QED) is 0.734. The van der Waals surface area contributed by atoms with Gasteiger partial charge in [-0.25, -0.2) is 0 Å². The molecule has 0 aliphatic carbocycles. The van der Waals surface area contributed by atoms with Crippen LogP contribution in [0.1, 0.15) is 39.7 Å². The van der Waals surface area contributed by atoms with Gasteiger partial charge >= 0.3 is 0 Å². The summed E-state index contributed by atoms with van der Waals surface area (Å²) in [5.74, 6) is 0.660. The van der Waals surface area contributed by atoms with Crippen LogP contribution in [0.3, 0.4) is 0 Å². The van der Waals surface area contributed by atoms with Gasteiger partial charge in [0, 0.05) is 19.1 Å². The number of hydrogen-bond acceptors (Lipinski definition) is 3. The molecule has 0 spiro atoms. The molecule has 3 heteroatoms. The molecule has 1 atom stereocenters. The topological polar surface area (TPSA) is 35.5 Å². The maximum Gasteiger partial charge on any atom is 0.0683 e. The van der Waals surface area contributed by atoms with Gasteiger partial charge in [-0.1, -0.05) is 44.2 Å². The van der Waals surface area contributed by atoms with Crippen LogP contribution in [-0.2, 0) is 5.54 Å². The molecule has 3 nitrogen and oxygen atoms in total. The first-order chi connectivity index (χ1) is 9.89. The van der Waals surface area contributed by atoms with Crippen molar-refractivity contribution in [3.05, 3.63) is 35.9 Å². The summed E-state index contributed by atoms with van der Waals surface area (Å²) in [6, 6.07) is 10.6. The van der Waals surface area contributed by atoms with Gasteiger partial charge in [0.1, 0.15) is 0 Å². The zero-order chi connectivity index (χ0) is 15.9. The van der Waals surface area contributed by atoms with Crippen LogP contribution in [-0.4, -0.2) is 42.8 Å². The molecule has 0 aliphatic heterocycles. The van der Waals surface area contributed by atoms with E-state index in [4.69, 9.17) is 0 Å². The molecule has 0 radical (unpaired) electrons. The van der Waals surface area contributed by atoms with Crippen molar-refractivity contribution in [2.75, 3.05) is 26.7 Å². The Bertz CT molecular complexity index is 391. The van der Waals surface area contributed by atoms with Gasteiger partial charge in [-0.2, -0.15) is 0 Å². The van der Waals surface area contributed by atoms with Gasteiger partial charge in [-0.15, -0.1) is 0 Å². The summed E-state index contributed by atoms with van der Waals surface area (Å²) >= 11 is 0. The van der Waals surface area contributed by atoms with Crippen LogP contribution in [0.5, 0.6) is 0 Å². The third kappa shape index (κ3) is 5.77. The number of nitrogens with one attached hydrogen (secondary N) is 1. The SMILES string of the molecule is CC(C)CN(C)CCC(CO)(NC(C)C)c1ccccc1. The van der Waals surface area contributed by atoms with Gasteiger partial charge in [0.25, 0.3) is 0 Å². The highest BCUT2D eigenvalue weighted by molar-refractivity contribution is 5.25. The summed E-state index contributed by atoms with van der Waals surface area (Å²) in [4.78, 5) is 2.35. The van der Waals surface area contributed by atoms with Crippen molar-refractivity contribution in [1.29, 1.82) is 0 Å². The Labute approximate surface area is 130 Å². The van der Waals surface area contributed by atoms with Crippen molar-refractivity contribution < 1.29 is 5.11 Å². The average Bonchev–Trinajstić information content (AvgIpc) is 2.43. The summed E-state index contributed by atoms with van der Waals surface area (Å²) in [6.07, 6.45) is 0.898. The monoisotopic (exact) mass is 292 g/mol. The summed E-state index contributed by atoms with van der Waals surface area (Å²) in [6.45, 7) is 10.9. The predicted octanol–water partition coefficient (Wildman–Crippen LogP) is 2.85. The van der Waals surface area contributed by atoms with Crippen LogP contribution in [0.15, 0.2) is 30.3 Å². The third-order valence-corrected chi connectivity index (χ3v) is 3.76. The second-order valence-corrected chi connectivity index (χ2v) is 6.81. The van der Waals surface area contributed by atoms with Crippen molar-refractivity contribution in [3.8, 4) is 0 Å². The number of hydrogen-bond donors (Lipinski definition) is 2. The van der Waals surface area contributed by atoms with Gasteiger partial charge in [-0.05, 0) is 38.8 Å². The number of aliphatic hydroxyl groups excluding tert-OH is 1. The van der Waals surface area contributed by atoms with E-state index < -0.39 is 0 Å². The fourth-order valence-corrected chi connectivity index (χ4v) is 2.92. The van der Waals surface area contributed by atoms with E-state index in [1.165, 1.54) is 5.56 Å². The van der Waals surface area contributed by atoms with Gasteiger partial charge in [-0.3, -0.25) is 0 Å². The van der Waals surface area contributed by atoms with E-state index in [9.17, 15) is 5.11 Å². The van der Waals surface area contributed by atoms with Crippen LogP contribution in [0.4, 0.5) is 0 Å². The Balaban J connectivity index is 2.86. The summed E-state index contributed by atoms with van der Waals surface area (Å²) in [5.41, 5.74) is 0.805. The molecule has 0 bridgehead atoms. The maximum absolute atomic E-state index is 10.1. The Morgan fingerprint density at radius 2 is 1.76 bits per heavy atom. The molecule has 0 saturated heterocycles. The molecule has 1 aromatic carbocycles. The molecule has 0 fully saturated rings. The van der Waals surface area contributed by atoms with Crippen LogP contribution in [0.25, 0.3) is 0 Å². The minimum absolute atomic E-state index is 0.116. The predicted molar refractivity (Wildman–Crippen MR) is 90.4 cm³/mol. The number of nitrogens with zero attached hydrogens (tertiary/aromatic N) is 1. The zero-order valence-corrected chi connectivity index (χ0v) is 14.3. The second-order valence-electron chi connectivity index (χ2n) is 6.81. The first-order valence-corrected chi connectivity index (χ1v) is 8.02. The van der Waals surface area contributed by atoms with Crippen LogP contribution >= 0.6 is 0 Å².